The molecule has 1 aliphatic carbocycles. The topological polar surface area (TPSA) is 57.5 Å². The number of hydrogen-bond donors (Lipinski definition) is 2. The van der Waals surface area contributed by atoms with Crippen LogP contribution < -0.4 is 0 Å². The summed E-state index contributed by atoms with van der Waals surface area (Å²) >= 11 is 0. The maximum atomic E-state index is 8.56. The van der Waals surface area contributed by atoms with Gasteiger partial charge in [-0.3, -0.25) is 0 Å². The molecular weight excluding hydrogens is 156 g/mol. The summed E-state index contributed by atoms with van der Waals surface area (Å²) in [7, 11) is 0. The molecule has 1 aromatic rings. The maximum absolute atomic E-state index is 8.56. The van der Waals surface area contributed by atoms with E-state index >= 15 is 0 Å². The number of fused-ring (bicyclic) bond motifs is 1. The molecular formula is C9H8O3. The first-order valence-electron chi connectivity index (χ1n) is 3.39. The number of benzene rings is 1. The summed E-state index contributed by atoms with van der Waals surface area (Å²) < 4.78 is 0. The average molecular weight is 164 g/mol. The Morgan fingerprint density at radius 3 is 1.50 bits per heavy atom. The molecule has 3 nitrogen and oxygen atoms in total. The molecule has 1 aliphatic rings. The molecule has 0 amide bonds. The summed E-state index contributed by atoms with van der Waals surface area (Å²) in [6.45, 7) is 0. The summed E-state index contributed by atoms with van der Waals surface area (Å²) in [6, 6.07) is 8.36. The first-order chi connectivity index (χ1) is 5.70. The molecule has 0 atom stereocenters. The lowest BCUT2D eigenvalue weighted by atomic mass is 9.99. The molecule has 1 aromatic carbocycles. The Morgan fingerprint density at radius 2 is 1.33 bits per heavy atom. The van der Waals surface area contributed by atoms with E-state index in [1.165, 1.54) is 11.1 Å². The van der Waals surface area contributed by atoms with Gasteiger partial charge >= 0.3 is 6.16 Å². The molecule has 0 unspecified atom stereocenters. The largest absolute Gasteiger partial charge is 0.503 e. The lowest BCUT2D eigenvalue weighted by Crippen LogP contribution is -1.85. The zero-order valence-electron chi connectivity index (χ0n) is 6.27. The quantitative estimate of drug-likeness (QED) is 0.628. The van der Waals surface area contributed by atoms with Crippen molar-refractivity contribution in [1.29, 1.82) is 0 Å². The van der Waals surface area contributed by atoms with Crippen molar-refractivity contribution in [1.82, 2.24) is 0 Å². The smallest absolute Gasteiger partial charge is 0.450 e. The summed E-state index contributed by atoms with van der Waals surface area (Å²) in [5.41, 5.74) is 2.74. The third kappa shape index (κ3) is 2.12. The fraction of sp³-hybridized carbons (Fsp3) is 0. The van der Waals surface area contributed by atoms with Gasteiger partial charge in [-0.2, -0.15) is 0 Å². The van der Waals surface area contributed by atoms with Gasteiger partial charge in [0.2, 0.25) is 0 Å². The van der Waals surface area contributed by atoms with E-state index in [1.807, 2.05) is 0 Å². The predicted molar refractivity (Wildman–Crippen MR) is 46.0 cm³/mol. The van der Waals surface area contributed by atoms with Crippen molar-refractivity contribution in [2.75, 3.05) is 0 Å². The molecule has 2 rings (SSSR count). The normalized spacial score (nSPS) is 10.3. The molecule has 62 valence electrons. The van der Waals surface area contributed by atoms with Crippen LogP contribution in [0.4, 0.5) is 4.79 Å². The average Bonchev–Trinajstić information content (AvgIpc) is 1.90. The van der Waals surface area contributed by atoms with Crippen LogP contribution in [0.1, 0.15) is 11.1 Å². The number of hydrogen-bond acceptors (Lipinski definition) is 1. The van der Waals surface area contributed by atoms with Gasteiger partial charge in [0.25, 0.3) is 0 Å². The van der Waals surface area contributed by atoms with Crippen LogP contribution >= 0.6 is 0 Å². The Kier molecular flexibility index (Phi) is 2.48. The molecule has 0 aliphatic heterocycles. The highest BCUT2D eigenvalue weighted by Crippen LogP contribution is 2.21. The Morgan fingerprint density at radius 1 is 1.00 bits per heavy atom. The van der Waals surface area contributed by atoms with Crippen molar-refractivity contribution in [2.24, 2.45) is 0 Å². The van der Waals surface area contributed by atoms with Crippen LogP contribution in [0.5, 0.6) is 0 Å². The molecule has 2 N–H and O–H groups in total. The minimum Gasteiger partial charge on any atom is -0.450 e. The predicted octanol–water partition coefficient (Wildman–Crippen LogP) is 2.39. The van der Waals surface area contributed by atoms with Crippen LogP contribution in [0.15, 0.2) is 24.3 Å². The first kappa shape index (κ1) is 8.33. The molecule has 0 saturated heterocycles. The zero-order valence-corrected chi connectivity index (χ0v) is 6.27. The van der Waals surface area contributed by atoms with E-state index < -0.39 is 6.16 Å². The summed E-state index contributed by atoms with van der Waals surface area (Å²) in [4.78, 5) is 8.56. The van der Waals surface area contributed by atoms with Crippen molar-refractivity contribution in [3.05, 3.63) is 35.4 Å². The second-order valence-corrected chi connectivity index (χ2v) is 2.24. The van der Waals surface area contributed by atoms with E-state index in [0.29, 0.717) is 0 Å². The molecule has 12 heavy (non-hydrogen) atoms. The minimum atomic E-state index is -1.83. The number of carbonyl (C=O) groups is 1. The molecule has 0 fully saturated rings. The van der Waals surface area contributed by atoms with Gasteiger partial charge in [-0.25, -0.2) is 4.79 Å². The van der Waals surface area contributed by atoms with E-state index in [0.717, 1.165) is 0 Å². The summed E-state index contributed by atoms with van der Waals surface area (Å²) in [5, 5.41) is 13.9. The Hall–Kier alpha value is -1.77. The standard InChI is InChI=1S/C8H6.CH2O3/c1-2-4-8-6-5-7(8)3-1;2-1(3)4/h1-6H;(H2,2,3,4). The summed E-state index contributed by atoms with van der Waals surface area (Å²) in [6.07, 6.45) is 2.41. The van der Waals surface area contributed by atoms with Gasteiger partial charge in [0, 0.05) is 0 Å². The molecule has 0 radical (unpaired) electrons. The van der Waals surface area contributed by atoms with Gasteiger partial charge < -0.3 is 10.2 Å². The summed E-state index contributed by atoms with van der Waals surface area (Å²) in [5.74, 6) is 0. The zero-order chi connectivity index (χ0) is 8.97. The van der Waals surface area contributed by atoms with Crippen LogP contribution in [0, 0.1) is 0 Å². The van der Waals surface area contributed by atoms with E-state index in [-0.39, 0.29) is 0 Å². The monoisotopic (exact) mass is 164 g/mol. The highest BCUT2D eigenvalue weighted by atomic mass is 16.6. The maximum Gasteiger partial charge on any atom is 0.503 e. The minimum absolute atomic E-state index is 1.37. The van der Waals surface area contributed by atoms with E-state index in [9.17, 15) is 0 Å². The van der Waals surface area contributed by atoms with Gasteiger partial charge in [0.15, 0.2) is 0 Å². The van der Waals surface area contributed by atoms with Crippen molar-refractivity contribution in [3.8, 4) is 0 Å². The van der Waals surface area contributed by atoms with E-state index in [2.05, 4.69) is 36.4 Å². The van der Waals surface area contributed by atoms with Crippen LogP contribution in [0.2, 0.25) is 0 Å². The molecule has 3 heteroatoms. The Balaban J connectivity index is 0.000000157. The van der Waals surface area contributed by atoms with Crippen LogP contribution in [0.25, 0.3) is 12.2 Å². The second-order valence-electron chi connectivity index (χ2n) is 2.24. The molecule has 0 spiro atoms. The Labute approximate surface area is 69.6 Å². The molecule has 0 aromatic heterocycles. The number of rotatable bonds is 0. The van der Waals surface area contributed by atoms with Crippen molar-refractivity contribution in [2.45, 2.75) is 0 Å². The SMILES string of the molecule is C1=Cc2ccccc21.O=C(O)O. The highest BCUT2D eigenvalue weighted by Gasteiger charge is 1.99. The van der Waals surface area contributed by atoms with Gasteiger partial charge in [-0.05, 0) is 11.1 Å². The van der Waals surface area contributed by atoms with Crippen LogP contribution in [-0.4, -0.2) is 16.4 Å². The van der Waals surface area contributed by atoms with Gasteiger partial charge in [0.05, 0.1) is 0 Å². The lowest BCUT2D eigenvalue weighted by Gasteiger charge is -2.06. The molecule has 0 bridgehead atoms. The third-order valence-electron chi connectivity index (χ3n) is 1.44. The second kappa shape index (κ2) is 3.57. The number of carboxylic acid groups (broad SMARTS) is 2. The fourth-order valence-electron chi connectivity index (χ4n) is 0.898. The first-order valence-corrected chi connectivity index (χ1v) is 3.39. The Bertz CT molecular complexity index is 286. The van der Waals surface area contributed by atoms with Gasteiger partial charge in [-0.15, -0.1) is 0 Å². The highest BCUT2D eigenvalue weighted by molar-refractivity contribution is 5.85. The van der Waals surface area contributed by atoms with Crippen LogP contribution in [0.3, 0.4) is 0 Å². The third-order valence-corrected chi connectivity index (χ3v) is 1.44. The molecule has 0 heterocycles. The van der Waals surface area contributed by atoms with E-state index in [4.69, 9.17) is 15.0 Å². The van der Waals surface area contributed by atoms with Gasteiger partial charge in [-0.1, -0.05) is 36.4 Å². The fourth-order valence-corrected chi connectivity index (χ4v) is 0.898. The van der Waals surface area contributed by atoms with Crippen molar-refractivity contribution >= 4 is 18.3 Å². The van der Waals surface area contributed by atoms with Crippen molar-refractivity contribution in [3.63, 3.8) is 0 Å². The lowest BCUT2D eigenvalue weighted by molar-refractivity contribution is 0.137. The van der Waals surface area contributed by atoms with Gasteiger partial charge in [0.1, 0.15) is 0 Å². The van der Waals surface area contributed by atoms with Crippen molar-refractivity contribution < 1.29 is 15.0 Å². The van der Waals surface area contributed by atoms with Crippen LogP contribution in [-0.2, 0) is 0 Å². The molecule has 0 saturated carbocycles. The van der Waals surface area contributed by atoms with E-state index in [1.54, 1.807) is 0 Å².